The Kier molecular flexibility index (Phi) is 16.8. The van der Waals surface area contributed by atoms with Crippen LogP contribution in [-0.2, 0) is 20.6 Å². The molecule has 0 aromatic rings. The van der Waals surface area contributed by atoms with Gasteiger partial charge in [0.15, 0.2) is 49.9 Å². The van der Waals surface area contributed by atoms with Crippen LogP contribution in [0.25, 0.3) is 0 Å². The minimum Gasteiger partial charge on any atom is -0.456 e. The average molecular weight is 748 g/mol. The lowest BCUT2D eigenvalue weighted by molar-refractivity contribution is 0.0379. The lowest BCUT2D eigenvalue weighted by atomic mass is 9.81. The van der Waals surface area contributed by atoms with Crippen LogP contribution in [0.15, 0.2) is 0 Å². The van der Waals surface area contributed by atoms with Crippen molar-refractivity contribution in [2.24, 2.45) is 5.41 Å². The highest BCUT2D eigenvalue weighted by molar-refractivity contribution is 6.97. The van der Waals surface area contributed by atoms with E-state index in [1.807, 2.05) is 0 Å². The van der Waals surface area contributed by atoms with E-state index in [0.29, 0.717) is 0 Å². The van der Waals surface area contributed by atoms with Crippen LogP contribution in [0, 0.1) is 5.41 Å². The molecule has 0 saturated heterocycles. The standard InChI is InChI=1S/C28H74O7Si8/c1-36(2,3)31-40(13,14)27-42(17,33-38(7,8)9)23-19-21-28(25-29,26-30)22-20-24-43(18,34-39(10,11)12)35-41(15,16)32-37(4,5)6/h29-30H,19-27H2,1-18H3. The maximum atomic E-state index is 10.6. The molecule has 0 radical (unpaired) electrons. The molecule has 0 amide bonds. The van der Waals surface area contributed by atoms with Crippen LogP contribution in [0.4, 0.5) is 0 Å². The molecule has 0 spiro atoms. The Morgan fingerprint density at radius 3 is 1.23 bits per heavy atom. The third kappa shape index (κ3) is 21.1. The van der Waals surface area contributed by atoms with E-state index in [1.165, 1.54) is 0 Å². The van der Waals surface area contributed by atoms with E-state index in [9.17, 15) is 10.2 Å². The first-order chi connectivity index (χ1) is 18.8. The second-order valence-corrected chi connectivity index (χ2v) is 53.3. The number of aliphatic hydroxyl groups excluding tert-OH is 2. The van der Waals surface area contributed by atoms with Crippen LogP contribution in [-0.4, -0.2) is 90.5 Å². The summed E-state index contributed by atoms with van der Waals surface area (Å²) in [5.41, 5.74) is 0.584. The van der Waals surface area contributed by atoms with Crippen molar-refractivity contribution in [1.82, 2.24) is 0 Å². The second-order valence-electron chi connectivity index (χ2n) is 18.4. The molecule has 15 heteroatoms. The van der Waals surface area contributed by atoms with Gasteiger partial charge >= 0.3 is 17.1 Å². The van der Waals surface area contributed by atoms with Crippen molar-refractivity contribution >= 4 is 67.0 Å². The largest absolute Gasteiger partial charge is 0.456 e. The number of hydrogen-bond acceptors (Lipinski definition) is 7. The molecule has 0 fully saturated rings. The first kappa shape index (κ1) is 44.5. The normalized spacial score (nSPS) is 17.6. The molecule has 0 aliphatic rings. The molecule has 0 aliphatic carbocycles. The zero-order valence-corrected chi connectivity index (χ0v) is 39.8. The summed E-state index contributed by atoms with van der Waals surface area (Å²) in [6.07, 6.45) is 3.35. The smallest absolute Gasteiger partial charge is 0.315 e. The SMILES string of the molecule is C[Si](C)(C)O[Si](C)(C)C[Si](C)(CCCC(CO)(CO)CCC[Si](C)(O[Si](C)(C)C)O[Si](C)(C)O[Si](C)(C)C)O[Si](C)(C)C. The van der Waals surface area contributed by atoms with Gasteiger partial charge in [0, 0.05) is 5.41 Å². The molecule has 260 valence electrons. The predicted molar refractivity (Wildman–Crippen MR) is 207 cm³/mol. The Hall–Kier alpha value is 1.46. The zero-order chi connectivity index (χ0) is 34.4. The van der Waals surface area contributed by atoms with Gasteiger partial charge in [0.2, 0.25) is 0 Å². The summed E-state index contributed by atoms with van der Waals surface area (Å²) in [7, 11) is -15.8. The van der Waals surface area contributed by atoms with Crippen LogP contribution in [0.2, 0.25) is 136 Å². The summed E-state index contributed by atoms with van der Waals surface area (Å²) in [4.78, 5) is 0. The molecule has 0 aromatic carbocycles. The van der Waals surface area contributed by atoms with Crippen molar-refractivity contribution in [3.63, 3.8) is 0 Å². The van der Waals surface area contributed by atoms with Gasteiger partial charge in [0.1, 0.15) is 0 Å². The number of hydrogen-bond donors (Lipinski definition) is 2. The Balaban J connectivity index is 5.72. The molecule has 2 atom stereocenters. The summed E-state index contributed by atoms with van der Waals surface area (Å²) in [5, 5.41) is 21.2. The third-order valence-electron chi connectivity index (χ3n) is 6.89. The number of aliphatic hydroxyl groups is 2. The Bertz CT molecular complexity index is 767. The quantitative estimate of drug-likeness (QED) is 0.107. The third-order valence-corrected chi connectivity index (χ3v) is 37.3. The van der Waals surface area contributed by atoms with Gasteiger partial charge in [-0.1, -0.05) is 12.8 Å². The fraction of sp³-hybridized carbons (Fsp3) is 1.00. The van der Waals surface area contributed by atoms with Gasteiger partial charge in [-0.25, -0.2) is 0 Å². The maximum absolute atomic E-state index is 10.6. The van der Waals surface area contributed by atoms with E-state index in [-0.39, 0.29) is 13.2 Å². The van der Waals surface area contributed by atoms with Crippen LogP contribution in [0.1, 0.15) is 25.7 Å². The monoisotopic (exact) mass is 746 g/mol. The first-order valence-corrected chi connectivity index (χ1v) is 41.4. The summed E-state index contributed by atoms with van der Waals surface area (Å²) in [6, 6.07) is 1.87. The van der Waals surface area contributed by atoms with E-state index in [0.717, 1.165) is 43.4 Å². The van der Waals surface area contributed by atoms with Crippen molar-refractivity contribution in [2.75, 3.05) is 13.2 Å². The van der Waals surface area contributed by atoms with Crippen LogP contribution < -0.4 is 0 Å². The van der Waals surface area contributed by atoms with Crippen molar-refractivity contribution in [3.05, 3.63) is 0 Å². The Labute approximate surface area is 276 Å². The minimum absolute atomic E-state index is 0.0113. The molecule has 2 unspecified atom stereocenters. The molecule has 0 saturated carbocycles. The van der Waals surface area contributed by atoms with Crippen LogP contribution >= 0.6 is 0 Å². The fourth-order valence-corrected chi connectivity index (χ4v) is 48.5. The van der Waals surface area contributed by atoms with Gasteiger partial charge in [0.05, 0.1) is 13.2 Å². The first-order valence-electron chi connectivity index (χ1n) is 16.5. The summed E-state index contributed by atoms with van der Waals surface area (Å²) >= 11 is 0. The van der Waals surface area contributed by atoms with E-state index in [4.69, 9.17) is 20.6 Å². The Morgan fingerprint density at radius 1 is 0.465 bits per heavy atom. The molecule has 43 heavy (non-hydrogen) atoms. The zero-order valence-electron chi connectivity index (χ0n) is 31.8. The van der Waals surface area contributed by atoms with E-state index >= 15 is 0 Å². The van der Waals surface area contributed by atoms with Crippen molar-refractivity contribution in [2.45, 2.75) is 161 Å². The summed E-state index contributed by atoms with van der Waals surface area (Å²) in [6.45, 7) is 40.7. The molecule has 0 rings (SSSR count). The number of rotatable bonds is 22. The average Bonchev–Trinajstić information content (AvgIpc) is 2.64. The molecule has 0 aromatic heterocycles. The predicted octanol–water partition coefficient (Wildman–Crippen LogP) is 9.03. The van der Waals surface area contributed by atoms with E-state index in [2.05, 4.69) is 118 Å². The molecule has 7 nitrogen and oxygen atoms in total. The van der Waals surface area contributed by atoms with Crippen molar-refractivity contribution in [1.29, 1.82) is 0 Å². The molecule has 0 bridgehead atoms. The molecule has 2 N–H and O–H groups in total. The van der Waals surface area contributed by atoms with Crippen LogP contribution in [0.5, 0.6) is 0 Å². The van der Waals surface area contributed by atoms with Gasteiger partial charge in [-0.15, -0.1) is 0 Å². The lowest BCUT2D eigenvalue weighted by Crippen LogP contribution is -2.56. The topological polar surface area (TPSA) is 86.6 Å². The van der Waals surface area contributed by atoms with Crippen LogP contribution in [0.3, 0.4) is 0 Å². The second kappa shape index (κ2) is 16.2. The van der Waals surface area contributed by atoms with Crippen molar-refractivity contribution < 1.29 is 30.8 Å². The van der Waals surface area contributed by atoms with E-state index in [1.54, 1.807) is 0 Å². The van der Waals surface area contributed by atoms with Gasteiger partial charge in [-0.3, -0.25) is 0 Å². The molecule has 0 heterocycles. The van der Waals surface area contributed by atoms with Gasteiger partial charge in [-0.2, -0.15) is 0 Å². The lowest BCUT2D eigenvalue weighted by Gasteiger charge is -2.42. The molecular formula is C28H74O7Si8. The van der Waals surface area contributed by atoms with Gasteiger partial charge in [-0.05, 0) is 148 Å². The van der Waals surface area contributed by atoms with Gasteiger partial charge < -0.3 is 30.8 Å². The molecule has 0 aliphatic heterocycles. The highest BCUT2D eigenvalue weighted by Crippen LogP contribution is 2.37. The summed E-state index contributed by atoms with van der Waals surface area (Å²) < 4.78 is 34.0. The highest BCUT2D eigenvalue weighted by Gasteiger charge is 2.46. The summed E-state index contributed by atoms with van der Waals surface area (Å²) in [5.74, 6) is 0. The minimum atomic E-state index is -2.54. The molecular weight excluding hydrogens is 673 g/mol. The fourth-order valence-electron chi connectivity index (χ4n) is 6.84. The maximum Gasteiger partial charge on any atom is 0.315 e. The highest BCUT2D eigenvalue weighted by atomic mass is 28.5. The van der Waals surface area contributed by atoms with E-state index < -0.39 is 72.4 Å². The van der Waals surface area contributed by atoms with Gasteiger partial charge in [0.25, 0.3) is 0 Å². The Morgan fingerprint density at radius 2 is 0.860 bits per heavy atom. The van der Waals surface area contributed by atoms with Crippen molar-refractivity contribution in [3.8, 4) is 0 Å².